The molecule has 1 N–H and O–H groups in total. The summed E-state index contributed by atoms with van der Waals surface area (Å²) in [5.74, 6) is 0.728. The van der Waals surface area contributed by atoms with Crippen molar-refractivity contribution in [2.24, 2.45) is 7.05 Å². The lowest BCUT2D eigenvalue weighted by atomic mass is 10.2. The topological polar surface area (TPSA) is 78.3 Å². The van der Waals surface area contributed by atoms with Gasteiger partial charge in [-0.15, -0.1) is 5.10 Å². The van der Waals surface area contributed by atoms with Crippen LogP contribution < -0.4 is 10.1 Å². The first-order valence-corrected chi connectivity index (χ1v) is 7.43. The Morgan fingerprint density at radius 2 is 2.08 bits per heavy atom. The summed E-state index contributed by atoms with van der Waals surface area (Å²) in [5.41, 5.74) is 4.43. The SMILES string of the molecule is COC(=O)Nc1ccc(OCc2ccc3nnn(C)c3c2)cc1C. The molecule has 1 amide bonds. The Labute approximate surface area is 139 Å². The number of anilines is 1. The van der Waals surface area contributed by atoms with Crippen LogP contribution in [0.2, 0.25) is 0 Å². The highest BCUT2D eigenvalue weighted by molar-refractivity contribution is 5.85. The second-order valence-corrected chi connectivity index (χ2v) is 5.42. The van der Waals surface area contributed by atoms with Crippen LogP contribution in [0.3, 0.4) is 0 Å². The Hall–Kier alpha value is -3.09. The maximum Gasteiger partial charge on any atom is 0.411 e. The molecule has 3 rings (SSSR count). The van der Waals surface area contributed by atoms with Gasteiger partial charge in [-0.25, -0.2) is 9.48 Å². The minimum atomic E-state index is -0.496. The summed E-state index contributed by atoms with van der Waals surface area (Å²) in [4.78, 5) is 11.3. The highest BCUT2D eigenvalue weighted by Crippen LogP contribution is 2.23. The highest BCUT2D eigenvalue weighted by Gasteiger charge is 2.07. The van der Waals surface area contributed by atoms with Crippen molar-refractivity contribution in [1.82, 2.24) is 15.0 Å². The maximum atomic E-state index is 11.3. The number of carbonyl (C=O) groups excluding carboxylic acids is 1. The van der Waals surface area contributed by atoms with Crippen LogP contribution in [0.5, 0.6) is 5.75 Å². The summed E-state index contributed by atoms with van der Waals surface area (Å²) >= 11 is 0. The molecule has 7 heteroatoms. The van der Waals surface area contributed by atoms with Crippen LogP contribution in [0, 0.1) is 6.92 Å². The Morgan fingerprint density at radius 1 is 1.25 bits per heavy atom. The molecule has 0 fully saturated rings. The lowest BCUT2D eigenvalue weighted by Gasteiger charge is -2.11. The second kappa shape index (κ2) is 6.57. The summed E-state index contributed by atoms with van der Waals surface area (Å²) in [6.45, 7) is 2.33. The van der Waals surface area contributed by atoms with Gasteiger partial charge in [0.15, 0.2) is 0 Å². The van der Waals surface area contributed by atoms with Crippen LogP contribution in [0.4, 0.5) is 10.5 Å². The molecule has 0 saturated carbocycles. The van der Waals surface area contributed by atoms with Gasteiger partial charge in [0.25, 0.3) is 0 Å². The molecule has 0 atom stereocenters. The molecule has 0 saturated heterocycles. The lowest BCUT2D eigenvalue weighted by molar-refractivity contribution is 0.187. The third kappa shape index (κ3) is 3.29. The van der Waals surface area contributed by atoms with E-state index in [9.17, 15) is 4.79 Å². The smallest absolute Gasteiger partial charge is 0.411 e. The quantitative estimate of drug-likeness (QED) is 0.797. The number of aromatic nitrogens is 3. The molecule has 1 heterocycles. The predicted molar refractivity (Wildman–Crippen MR) is 90.0 cm³/mol. The van der Waals surface area contributed by atoms with Crippen molar-refractivity contribution in [3.63, 3.8) is 0 Å². The molecular formula is C17H18N4O3. The highest BCUT2D eigenvalue weighted by atomic mass is 16.5. The van der Waals surface area contributed by atoms with E-state index in [0.717, 1.165) is 27.9 Å². The fraction of sp³-hybridized carbons (Fsp3) is 0.235. The van der Waals surface area contributed by atoms with Crippen LogP contribution in [0.1, 0.15) is 11.1 Å². The molecule has 0 spiro atoms. The number of rotatable bonds is 4. The van der Waals surface area contributed by atoms with Crippen molar-refractivity contribution in [3.05, 3.63) is 47.5 Å². The zero-order valence-electron chi connectivity index (χ0n) is 13.7. The number of fused-ring (bicyclic) bond motifs is 1. The monoisotopic (exact) mass is 326 g/mol. The van der Waals surface area contributed by atoms with Gasteiger partial charge in [0, 0.05) is 12.7 Å². The molecule has 124 valence electrons. The molecular weight excluding hydrogens is 308 g/mol. The Kier molecular flexibility index (Phi) is 4.33. The minimum absolute atomic E-state index is 0.435. The summed E-state index contributed by atoms with van der Waals surface area (Å²) in [7, 11) is 3.19. The number of aryl methyl sites for hydroxylation is 2. The molecule has 3 aromatic rings. The Morgan fingerprint density at radius 3 is 2.83 bits per heavy atom. The average Bonchev–Trinajstić information content (AvgIpc) is 2.96. The number of methoxy groups -OCH3 is 1. The van der Waals surface area contributed by atoms with Crippen molar-refractivity contribution in [3.8, 4) is 5.75 Å². The first kappa shape index (κ1) is 15.8. The van der Waals surface area contributed by atoms with Crippen LogP contribution in [-0.2, 0) is 18.4 Å². The second-order valence-electron chi connectivity index (χ2n) is 5.42. The molecule has 1 aromatic heterocycles. The van der Waals surface area contributed by atoms with Crippen molar-refractivity contribution in [2.45, 2.75) is 13.5 Å². The Balaban J connectivity index is 1.70. The summed E-state index contributed by atoms with van der Waals surface area (Å²) in [6.07, 6.45) is -0.496. The largest absolute Gasteiger partial charge is 0.489 e. The van der Waals surface area contributed by atoms with Crippen LogP contribution >= 0.6 is 0 Å². The third-order valence-corrected chi connectivity index (χ3v) is 3.70. The van der Waals surface area contributed by atoms with Gasteiger partial charge in [0.05, 0.1) is 12.6 Å². The van der Waals surface area contributed by atoms with E-state index < -0.39 is 6.09 Å². The summed E-state index contributed by atoms with van der Waals surface area (Å²) in [5, 5.41) is 10.7. The lowest BCUT2D eigenvalue weighted by Crippen LogP contribution is -2.11. The van der Waals surface area contributed by atoms with Crippen molar-refractivity contribution in [2.75, 3.05) is 12.4 Å². The molecule has 0 unspecified atom stereocenters. The summed E-state index contributed by atoms with van der Waals surface area (Å²) < 4.78 is 12.2. The van der Waals surface area contributed by atoms with Gasteiger partial charge in [0.1, 0.15) is 17.9 Å². The van der Waals surface area contributed by atoms with Gasteiger partial charge in [-0.05, 0) is 48.4 Å². The van der Waals surface area contributed by atoms with E-state index in [0.29, 0.717) is 12.3 Å². The number of benzene rings is 2. The number of nitrogens with zero attached hydrogens (tertiary/aromatic N) is 3. The van der Waals surface area contributed by atoms with Gasteiger partial charge in [-0.2, -0.15) is 0 Å². The van der Waals surface area contributed by atoms with Crippen LogP contribution in [-0.4, -0.2) is 28.2 Å². The number of ether oxygens (including phenoxy) is 2. The van der Waals surface area contributed by atoms with E-state index in [1.165, 1.54) is 7.11 Å². The van der Waals surface area contributed by atoms with E-state index in [2.05, 4.69) is 20.4 Å². The number of nitrogens with one attached hydrogen (secondary N) is 1. The first-order valence-electron chi connectivity index (χ1n) is 7.43. The molecule has 0 bridgehead atoms. The zero-order chi connectivity index (χ0) is 17.1. The van der Waals surface area contributed by atoms with Gasteiger partial charge in [0.2, 0.25) is 0 Å². The molecule has 24 heavy (non-hydrogen) atoms. The molecule has 0 radical (unpaired) electrons. The maximum absolute atomic E-state index is 11.3. The Bertz CT molecular complexity index is 889. The van der Waals surface area contributed by atoms with Gasteiger partial charge >= 0.3 is 6.09 Å². The normalized spacial score (nSPS) is 10.6. The minimum Gasteiger partial charge on any atom is -0.489 e. The van der Waals surface area contributed by atoms with Crippen molar-refractivity contribution < 1.29 is 14.3 Å². The average molecular weight is 326 g/mol. The van der Waals surface area contributed by atoms with Gasteiger partial charge in [-0.1, -0.05) is 11.3 Å². The van der Waals surface area contributed by atoms with Crippen LogP contribution in [0.25, 0.3) is 11.0 Å². The standard InChI is InChI=1S/C17H18N4O3/c1-11-8-13(5-7-14(11)18-17(22)23-3)24-10-12-4-6-15-16(9-12)21(2)20-19-15/h4-9H,10H2,1-3H3,(H,18,22). The van der Waals surface area contributed by atoms with Gasteiger partial charge < -0.3 is 9.47 Å². The first-order chi connectivity index (χ1) is 11.6. The van der Waals surface area contributed by atoms with E-state index in [1.807, 2.05) is 44.3 Å². The number of carbonyl (C=O) groups is 1. The molecule has 0 aliphatic carbocycles. The van der Waals surface area contributed by atoms with E-state index >= 15 is 0 Å². The molecule has 2 aromatic carbocycles. The molecule has 0 aliphatic rings. The summed E-state index contributed by atoms with van der Waals surface area (Å²) in [6, 6.07) is 11.4. The van der Waals surface area contributed by atoms with Crippen molar-refractivity contribution >= 4 is 22.8 Å². The van der Waals surface area contributed by atoms with E-state index in [1.54, 1.807) is 10.7 Å². The molecule has 7 nitrogen and oxygen atoms in total. The van der Waals surface area contributed by atoms with E-state index in [4.69, 9.17) is 4.74 Å². The fourth-order valence-corrected chi connectivity index (χ4v) is 2.36. The number of hydrogen-bond donors (Lipinski definition) is 1. The number of amides is 1. The fourth-order valence-electron chi connectivity index (χ4n) is 2.36. The third-order valence-electron chi connectivity index (χ3n) is 3.70. The van der Waals surface area contributed by atoms with Crippen molar-refractivity contribution in [1.29, 1.82) is 0 Å². The van der Waals surface area contributed by atoms with Gasteiger partial charge in [-0.3, -0.25) is 5.32 Å². The number of hydrogen-bond acceptors (Lipinski definition) is 5. The molecule has 0 aliphatic heterocycles. The predicted octanol–water partition coefficient (Wildman–Crippen LogP) is 3.03. The van der Waals surface area contributed by atoms with E-state index in [-0.39, 0.29) is 0 Å². The zero-order valence-corrected chi connectivity index (χ0v) is 13.7. The van der Waals surface area contributed by atoms with Crippen LogP contribution in [0.15, 0.2) is 36.4 Å².